The van der Waals surface area contributed by atoms with Crippen molar-refractivity contribution in [1.82, 2.24) is 15.5 Å². The van der Waals surface area contributed by atoms with Gasteiger partial charge in [0.25, 0.3) is 0 Å². The highest BCUT2D eigenvalue weighted by atomic mass is 35.5. The minimum absolute atomic E-state index is 0. The number of amides is 2. The van der Waals surface area contributed by atoms with Crippen molar-refractivity contribution in [2.24, 2.45) is 0 Å². The van der Waals surface area contributed by atoms with Crippen molar-refractivity contribution < 1.29 is 14.3 Å². The molecule has 0 radical (unpaired) electrons. The van der Waals surface area contributed by atoms with E-state index < -0.39 is 0 Å². The molecule has 0 bridgehead atoms. The van der Waals surface area contributed by atoms with Gasteiger partial charge in [-0.1, -0.05) is 12.8 Å². The summed E-state index contributed by atoms with van der Waals surface area (Å²) in [5, 5.41) is 6.08. The van der Waals surface area contributed by atoms with Gasteiger partial charge in [0.15, 0.2) is 0 Å². The minimum atomic E-state index is -0.0123. The summed E-state index contributed by atoms with van der Waals surface area (Å²) in [7, 11) is 0. The van der Waals surface area contributed by atoms with Crippen LogP contribution < -0.4 is 10.6 Å². The van der Waals surface area contributed by atoms with Gasteiger partial charge < -0.3 is 20.3 Å². The van der Waals surface area contributed by atoms with E-state index in [1.807, 2.05) is 4.90 Å². The van der Waals surface area contributed by atoms with Crippen molar-refractivity contribution >= 4 is 24.2 Å². The Morgan fingerprint density at radius 1 is 1.18 bits per heavy atom. The summed E-state index contributed by atoms with van der Waals surface area (Å²) in [6, 6.07) is 0.0973. The molecule has 1 atom stereocenters. The Morgan fingerprint density at radius 2 is 1.91 bits per heavy atom. The lowest BCUT2D eigenvalue weighted by molar-refractivity contribution is -0.131. The van der Waals surface area contributed by atoms with Gasteiger partial charge in [0.1, 0.15) is 0 Å². The lowest BCUT2D eigenvalue weighted by Gasteiger charge is -2.23. The van der Waals surface area contributed by atoms with Crippen LogP contribution in [0.1, 0.15) is 38.5 Å². The van der Waals surface area contributed by atoms with Crippen molar-refractivity contribution in [3.05, 3.63) is 0 Å². The van der Waals surface area contributed by atoms with E-state index in [-0.39, 0.29) is 30.3 Å². The van der Waals surface area contributed by atoms with Gasteiger partial charge in [-0.2, -0.15) is 0 Å². The van der Waals surface area contributed by atoms with Gasteiger partial charge in [-0.05, 0) is 12.8 Å². The third kappa shape index (κ3) is 6.94. The number of carbonyl (C=O) groups is 2. The van der Waals surface area contributed by atoms with E-state index in [2.05, 4.69) is 10.6 Å². The van der Waals surface area contributed by atoms with Crippen LogP contribution in [0.25, 0.3) is 0 Å². The van der Waals surface area contributed by atoms with Gasteiger partial charge in [0, 0.05) is 45.1 Å². The monoisotopic (exact) mass is 333 g/mol. The van der Waals surface area contributed by atoms with Crippen molar-refractivity contribution in [1.29, 1.82) is 0 Å². The van der Waals surface area contributed by atoms with Crippen LogP contribution in [0.15, 0.2) is 0 Å². The molecular weight excluding hydrogens is 306 g/mol. The fourth-order valence-corrected chi connectivity index (χ4v) is 2.83. The number of nitrogens with zero attached hydrogens (tertiary/aromatic N) is 1. The second kappa shape index (κ2) is 10.8. The number of hydrogen-bond donors (Lipinski definition) is 2. The summed E-state index contributed by atoms with van der Waals surface area (Å²) >= 11 is 0. The molecule has 128 valence electrons. The third-order valence-corrected chi connectivity index (χ3v) is 4.05. The summed E-state index contributed by atoms with van der Waals surface area (Å²) < 4.78 is 5.31. The van der Waals surface area contributed by atoms with E-state index in [4.69, 9.17) is 4.74 Å². The first-order valence-corrected chi connectivity index (χ1v) is 8.11. The molecule has 2 fully saturated rings. The van der Waals surface area contributed by atoms with Gasteiger partial charge in [-0.3, -0.25) is 9.59 Å². The maximum absolute atomic E-state index is 12.1. The first kappa shape index (κ1) is 19.2. The Morgan fingerprint density at radius 3 is 2.55 bits per heavy atom. The molecule has 0 aromatic heterocycles. The number of carbonyl (C=O) groups excluding carboxylic acids is 2. The van der Waals surface area contributed by atoms with Crippen LogP contribution in [0.4, 0.5) is 0 Å². The zero-order chi connectivity index (χ0) is 14.9. The summed E-state index contributed by atoms with van der Waals surface area (Å²) in [6.07, 6.45) is 5.46. The van der Waals surface area contributed by atoms with Crippen LogP contribution in [0.3, 0.4) is 0 Å². The molecule has 0 aromatic rings. The van der Waals surface area contributed by atoms with Crippen molar-refractivity contribution in [3.8, 4) is 0 Å². The molecule has 0 spiro atoms. The zero-order valence-corrected chi connectivity index (χ0v) is 14.0. The van der Waals surface area contributed by atoms with Crippen LogP contribution in [0, 0.1) is 0 Å². The smallest absolute Gasteiger partial charge is 0.224 e. The first-order chi connectivity index (χ1) is 10.3. The quantitative estimate of drug-likeness (QED) is 0.777. The van der Waals surface area contributed by atoms with Gasteiger partial charge in [0.2, 0.25) is 11.8 Å². The molecule has 1 unspecified atom stereocenters. The maximum Gasteiger partial charge on any atom is 0.224 e. The molecule has 6 nitrogen and oxygen atoms in total. The van der Waals surface area contributed by atoms with Crippen molar-refractivity contribution in [2.45, 2.75) is 44.6 Å². The van der Waals surface area contributed by atoms with Crippen LogP contribution in [0.2, 0.25) is 0 Å². The second-order valence-corrected chi connectivity index (χ2v) is 5.83. The number of likely N-dealkylation sites (tertiary alicyclic amines) is 1. The topological polar surface area (TPSA) is 70.7 Å². The van der Waals surface area contributed by atoms with Crippen LogP contribution >= 0.6 is 12.4 Å². The summed E-state index contributed by atoms with van der Waals surface area (Å²) in [4.78, 5) is 25.8. The van der Waals surface area contributed by atoms with Gasteiger partial charge in [0.05, 0.1) is 13.2 Å². The second-order valence-electron chi connectivity index (χ2n) is 5.83. The third-order valence-electron chi connectivity index (χ3n) is 4.05. The lowest BCUT2D eigenvalue weighted by atomic mass is 10.2. The Balaban J connectivity index is 0.00000242. The largest absolute Gasteiger partial charge is 0.378 e. The maximum atomic E-state index is 12.1. The Bertz CT molecular complexity index is 341. The van der Waals surface area contributed by atoms with E-state index >= 15 is 0 Å². The number of rotatable bonds is 5. The number of halogens is 1. The molecule has 0 aliphatic carbocycles. The summed E-state index contributed by atoms with van der Waals surface area (Å²) in [6.45, 7) is 4.27. The van der Waals surface area contributed by atoms with Crippen LogP contribution in [-0.2, 0) is 14.3 Å². The molecular formula is C15H28ClN3O3. The van der Waals surface area contributed by atoms with Crippen LogP contribution in [-0.4, -0.2) is 62.1 Å². The van der Waals surface area contributed by atoms with E-state index in [1.54, 1.807) is 0 Å². The molecule has 2 heterocycles. The molecule has 2 rings (SSSR count). The average molecular weight is 334 g/mol. The Kier molecular flexibility index (Phi) is 9.43. The molecule has 2 saturated heterocycles. The molecule has 7 heteroatoms. The standard InChI is InChI=1S/C15H27N3O3.ClH/c19-14(11-13-12-21-10-7-16-13)17-6-5-15(20)18-8-3-1-2-4-9-18;/h13,16H,1-12H2,(H,17,19);1H. The molecule has 2 aliphatic rings. The number of ether oxygens (including phenoxy) is 1. The summed E-state index contributed by atoms with van der Waals surface area (Å²) in [5.74, 6) is 0.151. The van der Waals surface area contributed by atoms with Crippen LogP contribution in [0.5, 0.6) is 0 Å². The fourth-order valence-electron chi connectivity index (χ4n) is 2.83. The van der Waals surface area contributed by atoms with Gasteiger partial charge >= 0.3 is 0 Å². The SMILES string of the molecule is Cl.O=C(CC1COCCN1)NCCC(=O)N1CCCCCC1. The number of nitrogens with one attached hydrogen (secondary N) is 2. The fraction of sp³-hybridized carbons (Fsp3) is 0.867. The van der Waals surface area contributed by atoms with Gasteiger partial charge in [-0.15, -0.1) is 12.4 Å². The molecule has 0 saturated carbocycles. The average Bonchev–Trinajstić information content (AvgIpc) is 2.77. The Hall–Kier alpha value is -0.850. The normalized spacial score (nSPS) is 22.4. The van der Waals surface area contributed by atoms with E-state index in [1.165, 1.54) is 12.8 Å². The highest BCUT2D eigenvalue weighted by molar-refractivity contribution is 5.85. The van der Waals surface area contributed by atoms with E-state index in [9.17, 15) is 9.59 Å². The number of hydrogen-bond acceptors (Lipinski definition) is 4. The van der Waals surface area contributed by atoms with Crippen molar-refractivity contribution in [3.63, 3.8) is 0 Å². The molecule has 0 aromatic carbocycles. The highest BCUT2D eigenvalue weighted by Gasteiger charge is 2.18. The number of morpholine rings is 1. The molecule has 22 heavy (non-hydrogen) atoms. The van der Waals surface area contributed by atoms with E-state index in [0.717, 1.165) is 32.5 Å². The summed E-state index contributed by atoms with van der Waals surface area (Å²) in [5.41, 5.74) is 0. The van der Waals surface area contributed by atoms with Gasteiger partial charge in [-0.25, -0.2) is 0 Å². The highest BCUT2D eigenvalue weighted by Crippen LogP contribution is 2.10. The van der Waals surface area contributed by atoms with Crippen molar-refractivity contribution in [2.75, 3.05) is 39.4 Å². The zero-order valence-electron chi connectivity index (χ0n) is 13.1. The molecule has 2 N–H and O–H groups in total. The Labute approximate surface area is 138 Å². The molecule has 2 amide bonds. The first-order valence-electron chi connectivity index (χ1n) is 8.11. The predicted molar refractivity (Wildman–Crippen MR) is 87.1 cm³/mol. The lowest BCUT2D eigenvalue weighted by Crippen LogP contribution is -2.44. The predicted octanol–water partition coefficient (Wildman–Crippen LogP) is 0.696. The van der Waals surface area contributed by atoms with E-state index in [0.29, 0.717) is 32.6 Å². The minimum Gasteiger partial charge on any atom is -0.378 e. The molecule has 2 aliphatic heterocycles.